The molecular formula is C24H28N2O3. The second kappa shape index (κ2) is 7.05. The Balaban J connectivity index is 1.49. The predicted molar refractivity (Wildman–Crippen MR) is 110 cm³/mol. The average molecular weight is 392 g/mol. The molecule has 5 heteroatoms. The van der Waals surface area contributed by atoms with E-state index < -0.39 is 5.41 Å². The summed E-state index contributed by atoms with van der Waals surface area (Å²) in [6.07, 6.45) is 7.46. The highest BCUT2D eigenvalue weighted by Crippen LogP contribution is 2.53. The van der Waals surface area contributed by atoms with Crippen molar-refractivity contribution in [2.45, 2.75) is 63.6 Å². The number of carbonyl (C=O) groups excluding carboxylic acids is 2. The number of aromatic nitrogens is 1. The lowest BCUT2D eigenvalue weighted by molar-refractivity contribution is -0.157. The van der Waals surface area contributed by atoms with Crippen molar-refractivity contribution >= 4 is 11.9 Å². The zero-order chi connectivity index (χ0) is 20.0. The van der Waals surface area contributed by atoms with Crippen LogP contribution in [0.15, 0.2) is 48.7 Å². The Labute approximate surface area is 171 Å². The normalized spacial score (nSPS) is 28.0. The van der Waals surface area contributed by atoms with E-state index in [4.69, 9.17) is 4.74 Å². The molecule has 0 spiro atoms. The van der Waals surface area contributed by atoms with Crippen LogP contribution in [0.2, 0.25) is 0 Å². The SMILES string of the molecule is CCOC(=O)[C@@]1(Cc2ccccc2)C[C@H]2CC[C@@H]1N2C(=O)c1cccn1C1CC1. The van der Waals surface area contributed by atoms with Gasteiger partial charge in [-0.3, -0.25) is 9.59 Å². The smallest absolute Gasteiger partial charge is 0.314 e. The monoisotopic (exact) mass is 392 g/mol. The molecule has 2 aromatic rings. The Morgan fingerprint density at radius 1 is 1.03 bits per heavy atom. The maximum atomic E-state index is 13.6. The van der Waals surface area contributed by atoms with E-state index in [2.05, 4.69) is 16.7 Å². The highest BCUT2D eigenvalue weighted by molar-refractivity contribution is 5.95. The standard InChI is InChI=1S/C24H28N2O3/c1-2-29-23(28)24(15-17-7-4-3-5-8-17)16-19-12-13-21(24)26(19)22(27)20-9-6-14-25(20)18-10-11-18/h3-9,14,18-19,21H,2,10-13,15-16H2,1H3/t19-,21+,24+/m1/s1. The van der Waals surface area contributed by atoms with Crippen LogP contribution in [0.25, 0.3) is 0 Å². The minimum absolute atomic E-state index is 0.0774. The molecule has 29 heavy (non-hydrogen) atoms. The van der Waals surface area contributed by atoms with Gasteiger partial charge in [0.1, 0.15) is 5.69 Å². The van der Waals surface area contributed by atoms with Gasteiger partial charge in [0.15, 0.2) is 0 Å². The van der Waals surface area contributed by atoms with Crippen LogP contribution in [0.5, 0.6) is 0 Å². The third kappa shape index (κ3) is 2.98. The van der Waals surface area contributed by atoms with Gasteiger partial charge in [0, 0.05) is 24.3 Å². The number of rotatable bonds is 6. The molecule has 0 N–H and O–H groups in total. The van der Waals surface area contributed by atoms with Gasteiger partial charge in [-0.1, -0.05) is 30.3 Å². The number of nitrogens with zero attached hydrogens (tertiary/aromatic N) is 2. The highest BCUT2D eigenvalue weighted by atomic mass is 16.5. The van der Waals surface area contributed by atoms with Crippen LogP contribution in [0.3, 0.4) is 0 Å². The first kappa shape index (κ1) is 18.5. The van der Waals surface area contributed by atoms with Gasteiger partial charge in [0.2, 0.25) is 0 Å². The van der Waals surface area contributed by atoms with Gasteiger partial charge in [0.05, 0.1) is 12.0 Å². The topological polar surface area (TPSA) is 51.5 Å². The third-order valence-corrected chi connectivity index (χ3v) is 6.96. The lowest BCUT2D eigenvalue weighted by Crippen LogP contribution is -2.47. The number of hydrogen-bond acceptors (Lipinski definition) is 3. The fourth-order valence-electron chi connectivity index (χ4n) is 5.58. The minimum atomic E-state index is -0.646. The molecule has 152 valence electrons. The van der Waals surface area contributed by atoms with Crippen molar-refractivity contribution in [2.75, 3.05) is 6.61 Å². The van der Waals surface area contributed by atoms with Crippen LogP contribution in [0.4, 0.5) is 0 Å². The van der Waals surface area contributed by atoms with Crippen LogP contribution in [-0.4, -0.2) is 40.0 Å². The number of benzene rings is 1. The summed E-state index contributed by atoms with van der Waals surface area (Å²) in [4.78, 5) is 28.9. The molecule has 0 unspecified atom stereocenters. The van der Waals surface area contributed by atoms with Gasteiger partial charge < -0.3 is 14.2 Å². The number of amides is 1. The maximum absolute atomic E-state index is 13.6. The Bertz CT molecular complexity index is 917. The molecular weight excluding hydrogens is 364 g/mol. The van der Waals surface area contributed by atoms with E-state index in [0.717, 1.165) is 36.9 Å². The molecule has 3 atom stereocenters. The first-order valence-corrected chi connectivity index (χ1v) is 10.8. The van der Waals surface area contributed by atoms with E-state index >= 15 is 0 Å². The second-order valence-electron chi connectivity index (χ2n) is 8.73. The van der Waals surface area contributed by atoms with Crippen molar-refractivity contribution in [2.24, 2.45) is 5.41 Å². The first-order chi connectivity index (χ1) is 14.1. The van der Waals surface area contributed by atoms with Gasteiger partial charge in [-0.05, 0) is 63.1 Å². The molecule has 5 rings (SSSR count). The van der Waals surface area contributed by atoms with Crippen molar-refractivity contribution in [1.82, 2.24) is 9.47 Å². The largest absolute Gasteiger partial charge is 0.465 e. The molecule has 2 aliphatic heterocycles. The molecule has 3 aliphatic rings. The fraction of sp³-hybridized carbons (Fsp3) is 0.500. The summed E-state index contributed by atoms with van der Waals surface area (Å²) >= 11 is 0. The summed E-state index contributed by atoms with van der Waals surface area (Å²) in [6.45, 7) is 2.22. The van der Waals surface area contributed by atoms with Crippen LogP contribution < -0.4 is 0 Å². The summed E-state index contributed by atoms with van der Waals surface area (Å²) < 4.78 is 7.69. The van der Waals surface area contributed by atoms with E-state index in [1.54, 1.807) is 0 Å². The number of fused-ring (bicyclic) bond motifs is 2. The number of hydrogen-bond donors (Lipinski definition) is 0. The zero-order valence-electron chi connectivity index (χ0n) is 16.9. The maximum Gasteiger partial charge on any atom is 0.314 e. The minimum Gasteiger partial charge on any atom is -0.465 e. The quantitative estimate of drug-likeness (QED) is 0.699. The lowest BCUT2D eigenvalue weighted by Gasteiger charge is -2.35. The summed E-state index contributed by atoms with van der Waals surface area (Å²) in [7, 11) is 0. The van der Waals surface area contributed by atoms with Crippen LogP contribution in [-0.2, 0) is 16.0 Å². The van der Waals surface area contributed by atoms with E-state index in [0.29, 0.717) is 25.5 Å². The van der Waals surface area contributed by atoms with Gasteiger partial charge in [-0.25, -0.2) is 0 Å². The molecule has 1 saturated carbocycles. The molecule has 1 aliphatic carbocycles. The summed E-state index contributed by atoms with van der Waals surface area (Å²) in [5.74, 6) is -0.0694. The molecule has 2 saturated heterocycles. The lowest BCUT2D eigenvalue weighted by atomic mass is 9.70. The van der Waals surface area contributed by atoms with E-state index in [1.807, 2.05) is 48.4 Å². The molecule has 3 fully saturated rings. The summed E-state index contributed by atoms with van der Waals surface area (Å²) in [6, 6.07) is 14.5. The highest BCUT2D eigenvalue weighted by Gasteiger charge is 2.62. The van der Waals surface area contributed by atoms with E-state index in [9.17, 15) is 9.59 Å². The first-order valence-electron chi connectivity index (χ1n) is 10.8. The van der Waals surface area contributed by atoms with Crippen LogP contribution in [0.1, 0.15) is 61.1 Å². The zero-order valence-corrected chi connectivity index (χ0v) is 16.9. The van der Waals surface area contributed by atoms with Crippen molar-refractivity contribution in [3.63, 3.8) is 0 Å². The van der Waals surface area contributed by atoms with Gasteiger partial charge in [-0.15, -0.1) is 0 Å². The van der Waals surface area contributed by atoms with Crippen molar-refractivity contribution in [3.8, 4) is 0 Å². The molecule has 3 heterocycles. The molecule has 2 bridgehead atoms. The summed E-state index contributed by atoms with van der Waals surface area (Å²) in [5.41, 5.74) is 1.25. The number of carbonyl (C=O) groups is 2. The molecule has 0 radical (unpaired) electrons. The average Bonchev–Trinajstić information content (AvgIpc) is 3.19. The summed E-state index contributed by atoms with van der Waals surface area (Å²) in [5, 5.41) is 0. The Morgan fingerprint density at radius 3 is 2.52 bits per heavy atom. The molecule has 1 aromatic carbocycles. The van der Waals surface area contributed by atoms with Crippen LogP contribution in [0, 0.1) is 5.41 Å². The van der Waals surface area contributed by atoms with Crippen molar-refractivity contribution in [1.29, 1.82) is 0 Å². The Kier molecular flexibility index (Phi) is 4.49. The van der Waals surface area contributed by atoms with E-state index in [1.165, 1.54) is 0 Å². The Morgan fingerprint density at radius 2 is 1.79 bits per heavy atom. The molecule has 5 nitrogen and oxygen atoms in total. The molecule has 1 amide bonds. The Hall–Kier alpha value is -2.56. The van der Waals surface area contributed by atoms with Gasteiger partial charge >= 0.3 is 5.97 Å². The van der Waals surface area contributed by atoms with E-state index in [-0.39, 0.29) is 24.0 Å². The van der Waals surface area contributed by atoms with Gasteiger partial charge in [-0.2, -0.15) is 0 Å². The third-order valence-electron chi connectivity index (χ3n) is 6.96. The van der Waals surface area contributed by atoms with Gasteiger partial charge in [0.25, 0.3) is 5.91 Å². The van der Waals surface area contributed by atoms with Crippen LogP contribution >= 0.6 is 0 Å². The molecule has 1 aromatic heterocycles. The predicted octanol–water partition coefficient (Wildman–Crippen LogP) is 3.99. The van der Waals surface area contributed by atoms with Crippen molar-refractivity contribution in [3.05, 3.63) is 59.9 Å². The number of esters is 1. The number of ether oxygens (including phenoxy) is 1. The fourth-order valence-corrected chi connectivity index (χ4v) is 5.58. The van der Waals surface area contributed by atoms with Crippen molar-refractivity contribution < 1.29 is 14.3 Å². The second-order valence-corrected chi connectivity index (χ2v) is 8.73.